The molecule has 0 bridgehead atoms. The van der Waals surface area contributed by atoms with Crippen molar-refractivity contribution in [2.24, 2.45) is 0 Å². The monoisotopic (exact) mass is 353 g/mol. The minimum atomic E-state index is -3.51. The molecule has 0 fully saturated rings. The maximum absolute atomic E-state index is 12.6. The highest BCUT2D eigenvalue weighted by Crippen LogP contribution is 2.22. The Bertz CT molecular complexity index is 806. The molecule has 0 radical (unpaired) electrons. The zero-order valence-electron chi connectivity index (χ0n) is 13.1. The van der Waals surface area contributed by atoms with Crippen molar-refractivity contribution in [2.45, 2.75) is 36.7 Å². The van der Waals surface area contributed by atoms with Crippen LogP contribution in [0, 0.1) is 11.3 Å². The van der Waals surface area contributed by atoms with Crippen molar-refractivity contribution in [3.63, 3.8) is 0 Å². The molecule has 2 aromatic heterocycles. The normalized spacial score (nSPS) is 11.9. The van der Waals surface area contributed by atoms with Gasteiger partial charge in [-0.1, -0.05) is 25.6 Å². The number of hydrogen-bond acceptors (Lipinski definition) is 6. The Labute approximate surface area is 140 Å². The van der Waals surface area contributed by atoms with Crippen LogP contribution in [-0.2, 0) is 10.0 Å². The average Bonchev–Trinajstić information content (AvgIpc) is 2.95. The summed E-state index contributed by atoms with van der Waals surface area (Å²) >= 11 is 1.47. The van der Waals surface area contributed by atoms with Gasteiger partial charge in [0.15, 0.2) is 10.8 Å². The zero-order valence-corrected chi connectivity index (χ0v) is 14.8. The third-order valence-corrected chi connectivity index (χ3v) is 6.41. The summed E-state index contributed by atoms with van der Waals surface area (Å²) in [6, 6.07) is 5.31. The lowest BCUT2D eigenvalue weighted by molar-refractivity contribution is 0.445. The summed E-state index contributed by atoms with van der Waals surface area (Å²) in [5, 5.41) is 17.3. The topological polar surface area (TPSA) is 91.4 Å². The minimum absolute atomic E-state index is 0.229. The van der Waals surface area contributed by atoms with Crippen LogP contribution in [0.5, 0.6) is 0 Å². The number of nitrogens with zero attached hydrogens (tertiary/aromatic N) is 5. The molecule has 9 heteroatoms. The molecule has 0 amide bonds. The van der Waals surface area contributed by atoms with Gasteiger partial charge in [0.05, 0.1) is 11.0 Å². The quantitative estimate of drug-likeness (QED) is 0.533. The highest BCUT2D eigenvalue weighted by molar-refractivity contribution is 7.99. The lowest BCUT2D eigenvalue weighted by atomic mass is 10.4. The number of pyridine rings is 1. The number of fused-ring (bicyclic) bond motifs is 1. The molecule has 0 saturated carbocycles. The molecule has 0 saturated heterocycles. The van der Waals surface area contributed by atoms with Crippen molar-refractivity contribution in [2.75, 3.05) is 18.8 Å². The molecule has 0 aliphatic carbocycles. The van der Waals surface area contributed by atoms with Gasteiger partial charge >= 0.3 is 0 Å². The summed E-state index contributed by atoms with van der Waals surface area (Å²) in [5.41, 5.74) is 0.603. The fraction of sp³-hybridized carbons (Fsp3) is 0.500. The summed E-state index contributed by atoms with van der Waals surface area (Å²) < 4.78 is 28.3. The summed E-state index contributed by atoms with van der Waals surface area (Å²) in [7, 11) is -3.51. The molecule has 0 spiro atoms. The van der Waals surface area contributed by atoms with Gasteiger partial charge in [0, 0.05) is 31.5 Å². The molecule has 0 unspecified atom stereocenters. The third kappa shape index (κ3) is 3.83. The van der Waals surface area contributed by atoms with Crippen molar-refractivity contribution in [1.29, 1.82) is 5.26 Å². The highest BCUT2D eigenvalue weighted by Gasteiger charge is 2.22. The van der Waals surface area contributed by atoms with Crippen LogP contribution in [0.25, 0.3) is 5.65 Å². The molecule has 0 aliphatic rings. The SMILES string of the molecule is CCN(CC)S(=O)(=O)c1ccc2nnc(SCCCC#N)n2c1. The molecule has 2 aromatic rings. The van der Waals surface area contributed by atoms with Crippen molar-refractivity contribution in [1.82, 2.24) is 18.9 Å². The Morgan fingerprint density at radius 3 is 2.70 bits per heavy atom. The van der Waals surface area contributed by atoms with Gasteiger partial charge in [0.25, 0.3) is 0 Å². The first-order valence-corrected chi connectivity index (χ1v) is 9.81. The van der Waals surface area contributed by atoms with Gasteiger partial charge in [-0.2, -0.15) is 9.57 Å². The van der Waals surface area contributed by atoms with Crippen LogP contribution < -0.4 is 0 Å². The van der Waals surface area contributed by atoms with Crippen molar-refractivity contribution >= 4 is 27.4 Å². The number of nitriles is 1. The van der Waals surface area contributed by atoms with Crippen LogP contribution in [-0.4, -0.2) is 46.2 Å². The van der Waals surface area contributed by atoms with Crippen LogP contribution in [0.4, 0.5) is 0 Å². The van der Waals surface area contributed by atoms with Crippen LogP contribution in [0.2, 0.25) is 0 Å². The lowest BCUT2D eigenvalue weighted by Crippen LogP contribution is -2.30. The first kappa shape index (κ1) is 17.7. The summed E-state index contributed by atoms with van der Waals surface area (Å²) in [6.07, 6.45) is 2.81. The Morgan fingerprint density at radius 2 is 2.04 bits per heavy atom. The Balaban J connectivity index is 2.32. The van der Waals surface area contributed by atoms with Crippen molar-refractivity contribution in [3.8, 4) is 6.07 Å². The first-order valence-electron chi connectivity index (χ1n) is 7.39. The van der Waals surface area contributed by atoms with Crippen molar-refractivity contribution in [3.05, 3.63) is 18.3 Å². The molecule has 7 nitrogen and oxygen atoms in total. The summed E-state index contributed by atoms with van der Waals surface area (Å²) in [6.45, 7) is 4.48. The van der Waals surface area contributed by atoms with Gasteiger partial charge in [0.1, 0.15) is 0 Å². The van der Waals surface area contributed by atoms with E-state index >= 15 is 0 Å². The van der Waals surface area contributed by atoms with E-state index in [0.29, 0.717) is 30.3 Å². The van der Waals surface area contributed by atoms with E-state index in [2.05, 4.69) is 16.3 Å². The molecule has 0 aromatic carbocycles. The predicted octanol–water partition coefficient (Wildman–Crippen LogP) is 2.16. The smallest absolute Gasteiger partial charge is 0.244 e. The molecule has 0 aliphatic heterocycles. The van der Waals surface area contributed by atoms with E-state index in [-0.39, 0.29) is 4.90 Å². The second-order valence-electron chi connectivity index (χ2n) is 4.78. The maximum Gasteiger partial charge on any atom is 0.244 e. The van der Waals surface area contributed by atoms with E-state index in [1.807, 2.05) is 13.8 Å². The third-order valence-electron chi connectivity index (χ3n) is 3.35. The molecule has 23 heavy (non-hydrogen) atoms. The van der Waals surface area contributed by atoms with Crippen molar-refractivity contribution < 1.29 is 8.42 Å². The number of sulfonamides is 1. The Morgan fingerprint density at radius 1 is 1.30 bits per heavy atom. The maximum atomic E-state index is 12.6. The molecular weight excluding hydrogens is 334 g/mol. The van der Waals surface area contributed by atoms with Crippen LogP contribution in [0.1, 0.15) is 26.7 Å². The highest BCUT2D eigenvalue weighted by atomic mass is 32.2. The molecular formula is C14H19N5O2S2. The molecule has 0 N–H and O–H groups in total. The molecule has 2 rings (SSSR count). The van der Waals surface area contributed by atoms with E-state index in [0.717, 1.165) is 12.2 Å². The second-order valence-corrected chi connectivity index (χ2v) is 7.78. The number of thioether (sulfide) groups is 1. The van der Waals surface area contributed by atoms with Gasteiger partial charge in [-0.25, -0.2) is 8.42 Å². The van der Waals surface area contributed by atoms with E-state index in [4.69, 9.17) is 5.26 Å². The summed E-state index contributed by atoms with van der Waals surface area (Å²) in [5.74, 6) is 0.737. The average molecular weight is 353 g/mol. The van der Waals surface area contributed by atoms with Gasteiger partial charge in [-0.3, -0.25) is 4.40 Å². The van der Waals surface area contributed by atoms with Crippen LogP contribution in [0.3, 0.4) is 0 Å². The Kier molecular flexibility index (Phi) is 5.98. The largest absolute Gasteiger partial charge is 0.276 e. The van der Waals surface area contributed by atoms with Gasteiger partial charge < -0.3 is 0 Å². The predicted molar refractivity (Wildman–Crippen MR) is 88.7 cm³/mol. The zero-order chi connectivity index (χ0) is 16.9. The summed E-state index contributed by atoms with van der Waals surface area (Å²) in [4.78, 5) is 0.229. The number of hydrogen-bond donors (Lipinski definition) is 0. The van der Waals surface area contributed by atoms with Gasteiger partial charge in [-0.05, 0) is 18.6 Å². The fourth-order valence-electron chi connectivity index (χ4n) is 2.13. The van der Waals surface area contributed by atoms with E-state index < -0.39 is 10.0 Å². The lowest BCUT2D eigenvalue weighted by Gasteiger charge is -2.18. The molecule has 2 heterocycles. The number of unbranched alkanes of at least 4 members (excludes halogenated alkanes) is 1. The van der Waals surface area contributed by atoms with Crippen LogP contribution in [0.15, 0.2) is 28.4 Å². The van der Waals surface area contributed by atoms with Gasteiger partial charge in [-0.15, -0.1) is 10.2 Å². The standard InChI is InChI=1S/C14H19N5O2S2/c1-3-18(4-2)23(20,21)12-7-8-13-16-17-14(19(13)11-12)22-10-6-5-9-15/h7-8,11H,3-6,10H2,1-2H3. The first-order chi connectivity index (χ1) is 11.0. The number of aromatic nitrogens is 3. The van der Waals surface area contributed by atoms with Gasteiger partial charge in [0.2, 0.25) is 10.0 Å². The minimum Gasteiger partial charge on any atom is -0.276 e. The fourth-order valence-corrected chi connectivity index (χ4v) is 4.44. The molecule has 0 atom stereocenters. The second kappa shape index (κ2) is 7.77. The number of rotatable bonds is 8. The van der Waals surface area contributed by atoms with E-state index in [9.17, 15) is 8.42 Å². The van der Waals surface area contributed by atoms with E-state index in [1.54, 1.807) is 22.7 Å². The van der Waals surface area contributed by atoms with Crippen LogP contribution >= 0.6 is 11.8 Å². The molecule has 124 valence electrons. The Hall–Kier alpha value is -1.63. The van der Waals surface area contributed by atoms with E-state index in [1.165, 1.54) is 16.1 Å².